The number of halogens is 5. The Labute approximate surface area is 201 Å². The molecule has 1 aliphatic heterocycles. The van der Waals surface area contributed by atoms with Gasteiger partial charge < -0.3 is 10.6 Å². The number of amides is 2. The number of hydrogen-bond acceptors (Lipinski definition) is 4. The molecule has 0 bridgehead atoms. The van der Waals surface area contributed by atoms with Crippen LogP contribution in [-0.4, -0.2) is 44.4 Å². The zero-order valence-corrected chi connectivity index (χ0v) is 19.4. The number of benzene rings is 2. The molecule has 3 atom stereocenters. The third-order valence-electron chi connectivity index (χ3n) is 6.66. The van der Waals surface area contributed by atoms with Crippen LogP contribution in [0.1, 0.15) is 28.9 Å². The van der Waals surface area contributed by atoms with E-state index in [4.69, 9.17) is 5.73 Å². The van der Waals surface area contributed by atoms with Gasteiger partial charge in [0.2, 0.25) is 5.91 Å². The predicted molar refractivity (Wildman–Crippen MR) is 122 cm³/mol. The van der Waals surface area contributed by atoms with Crippen LogP contribution in [0.15, 0.2) is 53.4 Å². The number of aromatic nitrogens is 2. The van der Waals surface area contributed by atoms with E-state index < -0.39 is 45.2 Å². The highest BCUT2D eigenvalue weighted by Gasteiger charge is 2.65. The van der Waals surface area contributed by atoms with Gasteiger partial charge in [-0.05, 0) is 42.5 Å². The molecule has 2 amide bonds. The number of fused-ring (bicyclic) bond motifs is 2. The van der Waals surface area contributed by atoms with Crippen molar-refractivity contribution in [1.29, 1.82) is 0 Å². The molecular formula is C23H21F5N4O3S. The molecule has 0 radical (unpaired) electrons. The molecule has 192 valence electrons. The van der Waals surface area contributed by atoms with E-state index in [2.05, 4.69) is 5.10 Å². The molecule has 2 fully saturated rings. The van der Waals surface area contributed by atoms with Crippen LogP contribution in [-0.2, 0) is 22.6 Å². The first-order valence-electron chi connectivity index (χ1n) is 11.0. The van der Waals surface area contributed by atoms with Crippen LogP contribution in [0.4, 0.5) is 19.4 Å². The van der Waals surface area contributed by atoms with Crippen molar-refractivity contribution in [3.8, 4) is 0 Å². The second-order valence-corrected chi connectivity index (χ2v) is 11.7. The molecule has 2 aromatic carbocycles. The molecule has 1 aromatic heterocycles. The van der Waals surface area contributed by atoms with E-state index in [0.29, 0.717) is 29.8 Å². The Morgan fingerprint density at radius 1 is 1.00 bits per heavy atom. The van der Waals surface area contributed by atoms with E-state index in [-0.39, 0.29) is 35.8 Å². The summed E-state index contributed by atoms with van der Waals surface area (Å²) in [6.45, 7) is -0.277. The van der Waals surface area contributed by atoms with E-state index in [0.717, 1.165) is 6.07 Å². The number of piperidine rings is 1. The number of rotatable bonds is 7. The average molecular weight is 529 g/mol. The SMILES string of the molecule is NC(=O)c1nn(CC(=O)N2[C@@H]3C[C@@H]3C[C@H]2C(=O)Cc2cccc(S(F)(F)(F)(F)F)c2)c2ccccc12. The molecule has 2 heterocycles. The molecular weight excluding hydrogens is 507 g/mol. The smallest absolute Gasteiger partial charge is 0.310 e. The van der Waals surface area contributed by atoms with E-state index in [1.54, 1.807) is 24.3 Å². The van der Waals surface area contributed by atoms with Gasteiger partial charge in [0.05, 0.1) is 11.6 Å². The minimum absolute atomic E-state index is 0.000537. The number of Topliss-reactive ketones (excluding diaryl/α,β-unsaturated/α-hetero) is 1. The summed E-state index contributed by atoms with van der Waals surface area (Å²) >= 11 is 0. The fourth-order valence-electron chi connectivity index (χ4n) is 4.96. The summed E-state index contributed by atoms with van der Waals surface area (Å²) in [6.07, 6.45) is 0.524. The second kappa shape index (κ2) is 7.28. The Bertz CT molecular complexity index is 1440. The fourth-order valence-corrected chi connectivity index (χ4v) is 5.67. The van der Waals surface area contributed by atoms with Crippen molar-refractivity contribution in [1.82, 2.24) is 14.7 Å². The van der Waals surface area contributed by atoms with Crippen LogP contribution in [0.3, 0.4) is 0 Å². The van der Waals surface area contributed by atoms with Crippen LogP contribution in [0, 0.1) is 5.92 Å². The highest BCUT2D eigenvalue weighted by molar-refractivity contribution is 8.45. The quantitative estimate of drug-likeness (QED) is 0.454. The molecule has 13 heteroatoms. The minimum Gasteiger partial charge on any atom is -0.364 e. The number of primary amides is 1. The van der Waals surface area contributed by atoms with E-state index in [1.165, 1.54) is 15.6 Å². The summed E-state index contributed by atoms with van der Waals surface area (Å²) < 4.78 is 67.3. The van der Waals surface area contributed by atoms with Crippen LogP contribution in [0.25, 0.3) is 10.9 Å². The molecule has 1 saturated carbocycles. The van der Waals surface area contributed by atoms with Crippen LogP contribution in [0.2, 0.25) is 0 Å². The first-order chi connectivity index (χ1) is 16.6. The third kappa shape index (κ3) is 4.43. The summed E-state index contributed by atoms with van der Waals surface area (Å²) in [6, 6.07) is 8.23. The maximum Gasteiger partial charge on any atom is 0.310 e. The Balaban J connectivity index is 1.37. The second-order valence-electron chi connectivity index (χ2n) is 9.26. The van der Waals surface area contributed by atoms with Gasteiger partial charge in [0, 0.05) is 17.8 Å². The van der Waals surface area contributed by atoms with Gasteiger partial charge in [-0.1, -0.05) is 49.8 Å². The molecule has 0 spiro atoms. The maximum atomic E-state index is 13.3. The van der Waals surface area contributed by atoms with E-state index in [1.807, 2.05) is 0 Å². The summed E-state index contributed by atoms with van der Waals surface area (Å²) in [7, 11) is -9.89. The minimum atomic E-state index is -9.89. The molecule has 36 heavy (non-hydrogen) atoms. The molecule has 1 saturated heterocycles. The number of carbonyl (C=O) groups is 3. The fraction of sp³-hybridized carbons (Fsp3) is 0.304. The van der Waals surface area contributed by atoms with Crippen molar-refractivity contribution in [3.63, 3.8) is 0 Å². The number of nitrogens with two attached hydrogens (primary N) is 1. The molecule has 2 N–H and O–H groups in total. The molecule has 3 aromatic rings. The van der Waals surface area contributed by atoms with E-state index in [9.17, 15) is 33.8 Å². The lowest BCUT2D eigenvalue weighted by Crippen LogP contribution is -2.45. The van der Waals surface area contributed by atoms with Gasteiger partial charge in [0.15, 0.2) is 11.5 Å². The van der Waals surface area contributed by atoms with Gasteiger partial charge >= 0.3 is 10.2 Å². The summed E-state index contributed by atoms with van der Waals surface area (Å²) in [5.74, 6) is -1.64. The van der Waals surface area contributed by atoms with Crippen molar-refractivity contribution in [2.45, 2.75) is 42.8 Å². The average Bonchev–Trinajstić information content (AvgIpc) is 3.28. The van der Waals surface area contributed by atoms with Crippen molar-refractivity contribution < 1.29 is 33.8 Å². The first kappa shape index (κ1) is 24.2. The lowest BCUT2D eigenvalue weighted by molar-refractivity contribution is -0.139. The predicted octanol–water partition coefficient (Wildman–Crippen LogP) is 4.59. The molecule has 7 nitrogen and oxygen atoms in total. The van der Waals surface area contributed by atoms with Crippen LogP contribution < -0.4 is 5.73 Å². The largest absolute Gasteiger partial charge is 0.364 e. The Morgan fingerprint density at radius 2 is 1.72 bits per heavy atom. The number of para-hydroxylation sites is 1. The third-order valence-corrected chi connectivity index (χ3v) is 7.81. The van der Waals surface area contributed by atoms with Crippen molar-refractivity contribution >= 4 is 38.7 Å². The van der Waals surface area contributed by atoms with Gasteiger partial charge in [-0.3, -0.25) is 19.1 Å². The van der Waals surface area contributed by atoms with Gasteiger partial charge in [-0.15, -0.1) is 0 Å². The number of nitrogens with zero attached hydrogens (tertiary/aromatic N) is 3. The zero-order valence-electron chi connectivity index (χ0n) is 18.6. The Kier molecular flexibility index (Phi) is 4.90. The normalized spacial score (nSPS) is 23.1. The highest BCUT2D eigenvalue weighted by Crippen LogP contribution is 3.02. The zero-order chi connectivity index (χ0) is 26.1. The summed E-state index contributed by atoms with van der Waals surface area (Å²) in [5, 5.41) is 4.63. The van der Waals surface area contributed by atoms with Gasteiger partial charge in [0.1, 0.15) is 11.4 Å². The standard InChI is InChI=1S/C23H21F5N4O3S/c24-36(25,26,27,28)15-5-3-4-13(8-15)9-20(33)19-11-14-10-18(14)32(19)21(34)12-31-17-7-2-1-6-16(17)22(30-31)23(29)35/h1-8,14,18-19H,9-12H2,(H2,29,35)/t14-,18-,19+/m1/s1. The molecule has 2 aliphatic rings. The number of ketones is 1. The highest BCUT2D eigenvalue weighted by atomic mass is 32.5. The van der Waals surface area contributed by atoms with Crippen molar-refractivity contribution in [2.75, 3.05) is 0 Å². The van der Waals surface area contributed by atoms with Gasteiger partial charge in [0.25, 0.3) is 5.91 Å². The topological polar surface area (TPSA) is 98.3 Å². The number of carbonyl (C=O) groups excluding carboxylic acids is 3. The van der Waals surface area contributed by atoms with Crippen molar-refractivity contribution in [3.05, 3.63) is 59.8 Å². The first-order valence-corrected chi connectivity index (χ1v) is 13.0. The summed E-state index contributed by atoms with van der Waals surface area (Å²) in [4.78, 5) is 37.4. The van der Waals surface area contributed by atoms with Crippen LogP contribution in [0.5, 0.6) is 0 Å². The lowest BCUT2D eigenvalue weighted by atomic mass is 10.0. The number of hydrogen-bond donors (Lipinski definition) is 1. The molecule has 5 rings (SSSR count). The Morgan fingerprint density at radius 3 is 2.42 bits per heavy atom. The van der Waals surface area contributed by atoms with Gasteiger partial charge in [-0.25, -0.2) is 0 Å². The maximum absolute atomic E-state index is 13.3. The molecule has 0 unspecified atom stereocenters. The Hall–Kier alpha value is -3.48. The lowest BCUT2D eigenvalue weighted by Gasteiger charge is -2.40. The van der Waals surface area contributed by atoms with Crippen LogP contribution >= 0.6 is 10.2 Å². The summed E-state index contributed by atoms with van der Waals surface area (Å²) in [5.41, 5.74) is 5.69. The number of likely N-dealkylation sites (tertiary alicyclic amines) is 1. The monoisotopic (exact) mass is 528 g/mol. The molecule has 1 aliphatic carbocycles. The van der Waals surface area contributed by atoms with Crippen molar-refractivity contribution in [2.24, 2.45) is 11.7 Å². The van der Waals surface area contributed by atoms with E-state index >= 15 is 0 Å². The van der Waals surface area contributed by atoms with Gasteiger partial charge in [-0.2, -0.15) is 5.10 Å².